The van der Waals surface area contributed by atoms with Gasteiger partial charge in [-0.05, 0) is 49.9 Å². The van der Waals surface area contributed by atoms with Gasteiger partial charge >= 0.3 is 0 Å². The highest BCUT2D eigenvalue weighted by molar-refractivity contribution is 5.84. The number of piperidine rings is 1. The predicted octanol–water partition coefficient (Wildman–Crippen LogP) is 3.10. The summed E-state index contributed by atoms with van der Waals surface area (Å²) in [6, 6.07) is 11.1. The SMILES string of the molecule is CCC(Nc1cccc(OC)c1)C(=O)N1CCC(O)(c2ccc(C)cn2)CC1. The largest absolute Gasteiger partial charge is 0.497 e. The molecule has 0 radical (unpaired) electrons. The lowest BCUT2D eigenvalue weighted by atomic mass is 9.87. The van der Waals surface area contributed by atoms with Crippen molar-refractivity contribution in [1.29, 1.82) is 0 Å². The monoisotopic (exact) mass is 383 g/mol. The fraction of sp³-hybridized carbons (Fsp3) is 0.455. The van der Waals surface area contributed by atoms with Gasteiger partial charge in [-0.15, -0.1) is 0 Å². The summed E-state index contributed by atoms with van der Waals surface area (Å²) in [7, 11) is 1.62. The molecule has 1 aliphatic rings. The predicted molar refractivity (Wildman–Crippen MR) is 109 cm³/mol. The van der Waals surface area contributed by atoms with E-state index in [2.05, 4.69) is 10.3 Å². The number of likely N-dealkylation sites (tertiary alicyclic amines) is 1. The highest BCUT2D eigenvalue weighted by Crippen LogP contribution is 2.32. The minimum atomic E-state index is -0.966. The number of hydrogen-bond acceptors (Lipinski definition) is 5. The number of aliphatic hydroxyl groups is 1. The van der Waals surface area contributed by atoms with E-state index in [0.29, 0.717) is 38.0 Å². The van der Waals surface area contributed by atoms with E-state index < -0.39 is 5.60 Å². The van der Waals surface area contributed by atoms with E-state index in [9.17, 15) is 9.90 Å². The molecule has 0 aliphatic carbocycles. The molecule has 1 amide bonds. The van der Waals surface area contributed by atoms with Crippen LogP contribution in [0.1, 0.15) is 37.4 Å². The number of nitrogens with zero attached hydrogens (tertiary/aromatic N) is 2. The zero-order chi connectivity index (χ0) is 20.1. The molecule has 1 aromatic heterocycles. The third-order valence-corrected chi connectivity index (χ3v) is 5.41. The fourth-order valence-electron chi connectivity index (χ4n) is 3.57. The third kappa shape index (κ3) is 4.44. The number of amides is 1. The number of benzene rings is 1. The van der Waals surface area contributed by atoms with Crippen molar-refractivity contribution in [3.05, 3.63) is 53.9 Å². The maximum atomic E-state index is 13.0. The average Bonchev–Trinajstić information content (AvgIpc) is 2.72. The Balaban J connectivity index is 1.63. The molecular formula is C22H29N3O3. The van der Waals surface area contributed by atoms with Crippen LogP contribution in [-0.2, 0) is 10.4 Å². The highest BCUT2D eigenvalue weighted by Gasteiger charge is 2.37. The van der Waals surface area contributed by atoms with Crippen molar-refractivity contribution in [2.45, 2.75) is 44.8 Å². The standard InChI is InChI=1S/C22H29N3O3/c1-4-19(24-17-6-5-7-18(14-17)28-3)21(26)25-12-10-22(27,11-13-25)20-9-8-16(2)15-23-20/h5-9,14-15,19,24,27H,4,10-13H2,1-3H3. The first-order valence-electron chi connectivity index (χ1n) is 9.80. The molecule has 6 heteroatoms. The number of carbonyl (C=O) groups excluding carboxylic acids is 1. The quantitative estimate of drug-likeness (QED) is 0.802. The third-order valence-electron chi connectivity index (χ3n) is 5.41. The molecule has 2 N–H and O–H groups in total. The van der Waals surface area contributed by atoms with Gasteiger partial charge in [-0.2, -0.15) is 0 Å². The number of hydrogen-bond donors (Lipinski definition) is 2. The van der Waals surface area contributed by atoms with Crippen molar-refractivity contribution in [3.63, 3.8) is 0 Å². The van der Waals surface area contributed by atoms with Gasteiger partial charge in [0.15, 0.2) is 0 Å². The van der Waals surface area contributed by atoms with Crippen LogP contribution in [0.15, 0.2) is 42.6 Å². The number of carbonyl (C=O) groups is 1. The lowest BCUT2D eigenvalue weighted by molar-refractivity contribution is -0.136. The minimum absolute atomic E-state index is 0.0595. The molecule has 28 heavy (non-hydrogen) atoms. The van der Waals surface area contributed by atoms with Gasteiger partial charge < -0.3 is 20.1 Å². The molecule has 1 fully saturated rings. The lowest BCUT2D eigenvalue weighted by Crippen LogP contribution is -2.50. The number of methoxy groups -OCH3 is 1. The zero-order valence-corrected chi connectivity index (χ0v) is 16.8. The molecule has 2 heterocycles. The maximum absolute atomic E-state index is 13.0. The van der Waals surface area contributed by atoms with Gasteiger partial charge in [0.2, 0.25) is 5.91 Å². The highest BCUT2D eigenvalue weighted by atomic mass is 16.5. The van der Waals surface area contributed by atoms with Crippen LogP contribution < -0.4 is 10.1 Å². The summed E-state index contributed by atoms with van der Waals surface area (Å²) in [5.41, 5.74) is 1.64. The molecular weight excluding hydrogens is 354 g/mol. The van der Waals surface area contributed by atoms with Crippen LogP contribution in [-0.4, -0.2) is 47.1 Å². The van der Waals surface area contributed by atoms with Gasteiger partial charge in [0, 0.05) is 31.0 Å². The van der Waals surface area contributed by atoms with E-state index in [-0.39, 0.29) is 11.9 Å². The van der Waals surface area contributed by atoms with Crippen LogP contribution >= 0.6 is 0 Å². The topological polar surface area (TPSA) is 74.7 Å². The van der Waals surface area contributed by atoms with Crippen LogP contribution in [0.4, 0.5) is 5.69 Å². The van der Waals surface area contributed by atoms with E-state index in [1.54, 1.807) is 13.3 Å². The molecule has 3 rings (SSSR count). The number of rotatable bonds is 6. The summed E-state index contributed by atoms with van der Waals surface area (Å²) in [4.78, 5) is 19.2. The van der Waals surface area contributed by atoms with E-state index in [0.717, 1.165) is 17.0 Å². The zero-order valence-electron chi connectivity index (χ0n) is 16.8. The van der Waals surface area contributed by atoms with E-state index in [1.807, 2.05) is 55.1 Å². The Morgan fingerprint density at radius 3 is 2.68 bits per heavy atom. The Morgan fingerprint density at radius 2 is 2.07 bits per heavy atom. The minimum Gasteiger partial charge on any atom is -0.497 e. The molecule has 0 bridgehead atoms. The van der Waals surface area contributed by atoms with Crippen LogP contribution in [0, 0.1) is 6.92 Å². The van der Waals surface area contributed by atoms with Gasteiger partial charge in [0.25, 0.3) is 0 Å². The van der Waals surface area contributed by atoms with Gasteiger partial charge in [0.1, 0.15) is 17.4 Å². The van der Waals surface area contributed by atoms with Gasteiger partial charge in [-0.1, -0.05) is 19.1 Å². The van der Waals surface area contributed by atoms with Crippen molar-refractivity contribution in [2.75, 3.05) is 25.5 Å². The van der Waals surface area contributed by atoms with Crippen molar-refractivity contribution in [2.24, 2.45) is 0 Å². The second-order valence-corrected chi connectivity index (χ2v) is 7.41. The Bertz CT molecular complexity index is 799. The Morgan fingerprint density at radius 1 is 1.32 bits per heavy atom. The summed E-state index contributed by atoms with van der Waals surface area (Å²) >= 11 is 0. The number of ether oxygens (including phenoxy) is 1. The summed E-state index contributed by atoms with van der Waals surface area (Å²) in [5, 5.41) is 14.3. The normalized spacial score (nSPS) is 17.1. The first-order valence-corrected chi connectivity index (χ1v) is 9.80. The van der Waals surface area contributed by atoms with Gasteiger partial charge in [0.05, 0.1) is 12.8 Å². The number of anilines is 1. The summed E-state index contributed by atoms with van der Waals surface area (Å²) < 4.78 is 5.25. The number of nitrogens with one attached hydrogen (secondary N) is 1. The second kappa shape index (κ2) is 8.61. The lowest BCUT2D eigenvalue weighted by Gasteiger charge is -2.39. The van der Waals surface area contributed by atoms with Crippen molar-refractivity contribution in [3.8, 4) is 5.75 Å². The van der Waals surface area contributed by atoms with E-state index in [4.69, 9.17) is 4.74 Å². The van der Waals surface area contributed by atoms with Gasteiger partial charge in [-0.3, -0.25) is 9.78 Å². The second-order valence-electron chi connectivity index (χ2n) is 7.41. The first kappa shape index (κ1) is 20.1. The van der Waals surface area contributed by atoms with Crippen LogP contribution in [0.5, 0.6) is 5.75 Å². The fourth-order valence-corrected chi connectivity index (χ4v) is 3.57. The average molecular weight is 383 g/mol. The van der Waals surface area contributed by atoms with Crippen molar-refractivity contribution < 1.29 is 14.6 Å². The summed E-state index contributed by atoms with van der Waals surface area (Å²) in [6.07, 6.45) is 3.43. The number of aryl methyl sites for hydroxylation is 1. The Kier molecular flexibility index (Phi) is 6.19. The summed E-state index contributed by atoms with van der Waals surface area (Å²) in [6.45, 7) is 5.00. The molecule has 1 unspecified atom stereocenters. The van der Waals surface area contributed by atoms with E-state index >= 15 is 0 Å². The molecule has 1 saturated heterocycles. The molecule has 0 saturated carbocycles. The Labute approximate surface area is 166 Å². The number of aromatic nitrogens is 1. The summed E-state index contributed by atoms with van der Waals surface area (Å²) in [5.74, 6) is 0.810. The molecule has 2 aromatic rings. The van der Waals surface area contributed by atoms with Crippen LogP contribution in [0.25, 0.3) is 0 Å². The van der Waals surface area contributed by atoms with E-state index in [1.165, 1.54) is 0 Å². The van der Waals surface area contributed by atoms with Crippen molar-refractivity contribution >= 4 is 11.6 Å². The molecule has 1 aromatic carbocycles. The number of pyridine rings is 1. The molecule has 0 spiro atoms. The Hall–Kier alpha value is -2.60. The molecule has 150 valence electrons. The molecule has 6 nitrogen and oxygen atoms in total. The molecule has 1 atom stereocenters. The smallest absolute Gasteiger partial charge is 0.245 e. The molecule has 1 aliphatic heterocycles. The van der Waals surface area contributed by atoms with Crippen molar-refractivity contribution in [1.82, 2.24) is 9.88 Å². The van der Waals surface area contributed by atoms with Crippen LogP contribution in [0.3, 0.4) is 0 Å². The first-order chi connectivity index (χ1) is 13.4. The van der Waals surface area contributed by atoms with Crippen LogP contribution in [0.2, 0.25) is 0 Å². The maximum Gasteiger partial charge on any atom is 0.245 e. The van der Waals surface area contributed by atoms with Gasteiger partial charge in [-0.25, -0.2) is 0 Å².